The van der Waals surface area contributed by atoms with Gasteiger partial charge in [-0.2, -0.15) is 13.2 Å². The highest BCUT2D eigenvalue weighted by Crippen LogP contribution is 2.16. The highest BCUT2D eigenvalue weighted by molar-refractivity contribution is 5.76. The molecule has 126 valence electrons. The number of aliphatic hydroxyl groups excluding tert-OH is 1. The minimum Gasteiger partial charge on any atom is -0.393 e. The maximum Gasteiger partial charge on any atom is 0.409 e. The Morgan fingerprint density at radius 1 is 1.36 bits per heavy atom. The number of hydrogen-bond acceptors (Lipinski definition) is 3. The van der Waals surface area contributed by atoms with Gasteiger partial charge in [-0.15, -0.1) is 0 Å². The molecule has 1 atom stereocenters. The summed E-state index contributed by atoms with van der Waals surface area (Å²) >= 11 is 0. The topological polar surface area (TPSA) is 61.4 Å². The van der Waals surface area contributed by atoms with Crippen molar-refractivity contribution in [2.45, 2.75) is 31.5 Å². The molecular formula is C15H23F3N2O2. The number of nitrogens with one attached hydrogen (secondary N) is 2. The molecule has 0 aliphatic rings. The first-order valence-corrected chi connectivity index (χ1v) is 6.95. The zero-order chi connectivity index (χ0) is 17.0. The van der Waals surface area contributed by atoms with Crippen molar-refractivity contribution in [3.05, 3.63) is 36.5 Å². The van der Waals surface area contributed by atoms with Crippen LogP contribution in [0.2, 0.25) is 0 Å². The fourth-order valence-electron chi connectivity index (χ4n) is 1.58. The summed E-state index contributed by atoms with van der Waals surface area (Å²) in [6, 6.07) is 0. The minimum absolute atomic E-state index is 0.00277. The first-order chi connectivity index (χ1) is 10.3. The van der Waals surface area contributed by atoms with Gasteiger partial charge >= 0.3 is 6.18 Å². The van der Waals surface area contributed by atoms with Crippen LogP contribution in [0.5, 0.6) is 0 Å². The predicted octanol–water partition coefficient (Wildman–Crippen LogP) is 2.08. The summed E-state index contributed by atoms with van der Waals surface area (Å²) in [4.78, 5) is 11.5. The van der Waals surface area contributed by atoms with E-state index < -0.39 is 12.3 Å². The van der Waals surface area contributed by atoms with E-state index in [1.807, 2.05) is 0 Å². The van der Waals surface area contributed by atoms with Crippen LogP contribution in [0.1, 0.15) is 19.3 Å². The Balaban J connectivity index is 4.10. The SMILES string of the molecule is C=C/C(=C\C=C\C(F)(F)F)CCNC(=O)CC(O)CCNC. The summed E-state index contributed by atoms with van der Waals surface area (Å²) < 4.78 is 35.9. The Hall–Kier alpha value is -1.60. The second-order valence-electron chi connectivity index (χ2n) is 4.70. The highest BCUT2D eigenvalue weighted by atomic mass is 19.4. The number of carbonyl (C=O) groups is 1. The van der Waals surface area contributed by atoms with Crippen LogP contribution < -0.4 is 10.6 Å². The lowest BCUT2D eigenvalue weighted by Gasteiger charge is -2.10. The van der Waals surface area contributed by atoms with Gasteiger partial charge in [0.1, 0.15) is 0 Å². The van der Waals surface area contributed by atoms with Crippen LogP contribution >= 0.6 is 0 Å². The van der Waals surface area contributed by atoms with Crippen molar-refractivity contribution in [2.75, 3.05) is 20.1 Å². The Kier molecular flexibility index (Phi) is 10.2. The van der Waals surface area contributed by atoms with Gasteiger partial charge in [0, 0.05) is 12.6 Å². The lowest BCUT2D eigenvalue weighted by molar-refractivity contribution is -0.123. The van der Waals surface area contributed by atoms with Gasteiger partial charge in [-0.05, 0) is 32.0 Å². The quantitative estimate of drug-likeness (QED) is 0.540. The van der Waals surface area contributed by atoms with E-state index in [-0.39, 0.29) is 24.9 Å². The molecule has 0 rings (SSSR count). The number of rotatable bonds is 10. The molecule has 0 aromatic rings. The maximum absolute atomic E-state index is 12.0. The third kappa shape index (κ3) is 12.2. The van der Waals surface area contributed by atoms with Gasteiger partial charge in [-0.3, -0.25) is 4.79 Å². The molecule has 3 N–H and O–H groups in total. The zero-order valence-corrected chi connectivity index (χ0v) is 12.6. The van der Waals surface area contributed by atoms with Crippen molar-refractivity contribution in [2.24, 2.45) is 0 Å². The third-order valence-corrected chi connectivity index (χ3v) is 2.74. The lowest BCUT2D eigenvalue weighted by Crippen LogP contribution is -2.29. The van der Waals surface area contributed by atoms with Gasteiger partial charge < -0.3 is 15.7 Å². The molecule has 7 heteroatoms. The van der Waals surface area contributed by atoms with Crippen LogP contribution in [0.15, 0.2) is 36.5 Å². The molecule has 0 aliphatic carbocycles. The molecule has 0 aliphatic heterocycles. The molecule has 22 heavy (non-hydrogen) atoms. The largest absolute Gasteiger partial charge is 0.409 e. The van der Waals surface area contributed by atoms with Gasteiger partial charge in [0.2, 0.25) is 5.91 Å². The Labute approximate surface area is 128 Å². The van der Waals surface area contributed by atoms with Crippen molar-refractivity contribution in [1.82, 2.24) is 10.6 Å². The Bertz CT molecular complexity index is 404. The lowest BCUT2D eigenvalue weighted by atomic mass is 10.1. The van der Waals surface area contributed by atoms with Gasteiger partial charge in [0.25, 0.3) is 0 Å². The summed E-state index contributed by atoms with van der Waals surface area (Å²) in [7, 11) is 1.75. The average molecular weight is 320 g/mol. The fourth-order valence-corrected chi connectivity index (χ4v) is 1.58. The van der Waals surface area contributed by atoms with E-state index in [1.54, 1.807) is 7.05 Å². The van der Waals surface area contributed by atoms with Crippen LogP contribution in [-0.2, 0) is 4.79 Å². The number of hydrogen-bond donors (Lipinski definition) is 3. The van der Waals surface area contributed by atoms with E-state index in [1.165, 1.54) is 12.2 Å². The summed E-state index contributed by atoms with van der Waals surface area (Å²) in [5.41, 5.74) is 0.580. The molecule has 0 saturated carbocycles. The molecule has 0 bridgehead atoms. The number of carbonyl (C=O) groups excluding carboxylic acids is 1. The third-order valence-electron chi connectivity index (χ3n) is 2.74. The van der Waals surface area contributed by atoms with E-state index in [4.69, 9.17) is 0 Å². The molecular weight excluding hydrogens is 297 g/mol. The molecule has 0 radical (unpaired) electrons. The number of amides is 1. The predicted molar refractivity (Wildman–Crippen MR) is 80.3 cm³/mol. The molecule has 0 fully saturated rings. The van der Waals surface area contributed by atoms with Gasteiger partial charge in [-0.1, -0.05) is 24.8 Å². The minimum atomic E-state index is -4.35. The molecule has 1 amide bonds. The second-order valence-corrected chi connectivity index (χ2v) is 4.70. The fraction of sp³-hybridized carbons (Fsp3) is 0.533. The zero-order valence-electron chi connectivity index (χ0n) is 12.6. The second kappa shape index (κ2) is 11.0. The van der Waals surface area contributed by atoms with Crippen molar-refractivity contribution >= 4 is 5.91 Å². The standard InChI is InChI=1S/C15H23F3N2O2/c1-3-12(5-4-8-15(16,17)18)6-10-20-14(22)11-13(21)7-9-19-2/h3-5,8,13,19,21H,1,6-7,9-11H2,2H3,(H,20,22)/b8-4+,12-5+. The normalized spacial score (nSPS) is 14.1. The van der Waals surface area contributed by atoms with Crippen LogP contribution in [0.3, 0.4) is 0 Å². The molecule has 0 aromatic heterocycles. The Morgan fingerprint density at radius 2 is 2.05 bits per heavy atom. The summed E-state index contributed by atoms with van der Waals surface area (Å²) in [6.07, 6.45) is -0.440. The first-order valence-electron chi connectivity index (χ1n) is 6.95. The molecule has 4 nitrogen and oxygen atoms in total. The van der Waals surface area contributed by atoms with Crippen LogP contribution in [-0.4, -0.2) is 43.4 Å². The number of halogens is 3. The number of alkyl halides is 3. The van der Waals surface area contributed by atoms with Gasteiger partial charge in [0.05, 0.1) is 12.5 Å². The van der Waals surface area contributed by atoms with Crippen molar-refractivity contribution in [3.8, 4) is 0 Å². The first kappa shape index (κ1) is 20.4. The van der Waals surface area contributed by atoms with Crippen molar-refractivity contribution in [3.63, 3.8) is 0 Å². The Morgan fingerprint density at radius 3 is 2.59 bits per heavy atom. The van der Waals surface area contributed by atoms with E-state index in [0.717, 1.165) is 6.08 Å². The molecule has 0 heterocycles. The van der Waals surface area contributed by atoms with Crippen LogP contribution in [0.25, 0.3) is 0 Å². The van der Waals surface area contributed by atoms with E-state index in [9.17, 15) is 23.1 Å². The van der Waals surface area contributed by atoms with E-state index >= 15 is 0 Å². The monoisotopic (exact) mass is 320 g/mol. The highest BCUT2D eigenvalue weighted by Gasteiger charge is 2.21. The molecule has 1 unspecified atom stereocenters. The number of allylic oxidation sites excluding steroid dienone is 4. The summed E-state index contributed by atoms with van der Waals surface area (Å²) in [5.74, 6) is -0.294. The van der Waals surface area contributed by atoms with Gasteiger partial charge in [-0.25, -0.2) is 0 Å². The molecule has 0 saturated heterocycles. The van der Waals surface area contributed by atoms with Crippen LogP contribution in [0, 0.1) is 0 Å². The maximum atomic E-state index is 12.0. The van der Waals surface area contributed by atoms with E-state index in [2.05, 4.69) is 17.2 Å². The number of aliphatic hydroxyl groups is 1. The van der Waals surface area contributed by atoms with Crippen LogP contribution in [0.4, 0.5) is 13.2 Å². The molecule has 0 aromatic carbocycles. The molecule has 0 spiro atoms. The summed E-state index contributed by atoms with van der Waals surface area (Å²) in [5, 5.41) is 15.0. The van der Waals surface area contributed by atoms with Crippen molar-refractivity contribution in [1.29, 1.82) is 0 Å². The average Bonchev–Trinajstić information content (AvgIpc) is 2.42. The van der Waals surface area contributed by atoms with E-state index in [0.29, 0.717) is 25.0 Å². The van der Waals surface area contributed by atoms with Gasteiger partial charge in [0.15, 0.2) is 0 Å². The smallest absolute Gasteiger partial charge is 0.393 e. The van der Waals surface area contributed by atoms with Crippen molar-refractivity contribution < 1.29 is 23.1 Å². The summed E-state index contributed by atoms with van der Waals surface area (Å²) in [6.45, 7) is 4.40.